The summed E-state index contributed by atoms with van der Waals surface area (Å²) < 4.78 is 5.44. The van der Waals surface area contributed by atoms with Crippen molar-refractivity contribution in [3.05, 3.63) is 35.4 Å². The van der Waals surface area contributed by atoms with Gasteiger partial charge in [-0.2, -0.15) is 5.26 Å². The van der Waals surface area contributed by atoms with E-state index in [2.05, 4.69) is 16.3 Å². The van der Waals surface area contributed by atoms with Crippen LogP contribution < -0.4 is 5.32 Å². The Hall–Kier alpha value is -1.90. The molecular formula is C16H21N3O2. The van der Waals surface area contributed by atoms with E-state index < -0.39 is 0 Å². The molecule has 1 aromatic carbocycles. The number of nitriles is 1. The van der Waals surface area contributed by atoms with Crippen LogP contribution in [0.1, 0.15) is 25.0 Å². The van der Waals surface area contributed by atoms with E-state index in [9.17, 15) is 4.79 Å². The molecular weight excluding hydrogens is 266 g/mol. The molecule has 0 aromatic heterocycles. The molecule has 1 aliphatic rings. The molecule has 1 fully saturated rings. The number of amides is 1. The van der Waals surface area contributed by atoms with E-state index in [1.54, 1.807) is 6.07 Å². The van der Waals surface area contributed by atoms with Gasteiger partial charge >= 0.3 is 0 Å². The van der Waals surface area contributed by atoms with Crippen LogP contribution in [0.2, 0.25) is 0 Å². The third kappa shape index (κ3) is 4.03. The van der Waals surface area contributed by atoms with E-state index >= 15 is 0 Å². The predicted octanol–water partition coefficient (Wildman–Crippen LogP) is 1.28. The molecule has 2 rings (SSSR count). The molecule has 1 aliphatic heterocycles. The second-order valence-electron chi connectivity index (χ2n) is 5.49. The SMILES string of the molecule is CC(C)NC(=O)C1COCCN1Cc1ccccc1C#N. The first-order valence-electron chi connectivity index (χ1n) is 7.22. The van der Waals surface area contributed by atoms with Gasteiger partial charge in [-0.05, 0) is 25.5 Å². The van der Waals surface area contributed by atoms with Crippen LogP contribution in [0.3, 0.4) is 0 Å². The van der Waals surface area contributed by atoms with E-state index in [1.165, 1.54) is 0 Å². The molecule has 5 heteroatoms. The quantitative estimate of drug-likeness (QED) is 0.906. The van der Waals surface area contributed by atoms with Crippen LogP contribution in [0, 0.1) is 11.3 Å². The molecule has 0 saturated carbocycles. The molecule has 5 nitrogen and oxygen atoms in total. The van der Waals surface area contributed by atoms with Gasteiger partial charge in [0.2, 0.25) is 5.91 Å². The Balaban J connectivity index is 2.12. The maximum absolute atomic E-state index is 12.3. The molecule has 1 amide bonds. The summed E-state index contributed by atoms with van der Waals surface area (Å²) in [7, 11) is 0. The zero-order valence-electron chi connectivity index (χ0n) is 12.5. The zero-order valence-corrected chi connectivity index (χ0v) is 12.5. The Bertz CT molecular complexity index is 537. The Morgan fingerprint density at radius 3 is 3.00 bits per heavy atom. The maximum atomic E-state index is 12.3. The molecule has 0 bridgehead atoms. The number of nitrogens with one attached hydrogen (secondary N) is 1. The van der Waals surface area contributed by atoms with Crippen LogP contribution in [0.5, 0.6) is 0 Å². The van der Waals surface area contributed by atoms with Gasteiger partial charge in [0.15, 0.2) is 0 Å². The summed E-state index contributed by atoms with van der Waals surface area (Å²) in [4.78, 5) is 14.3. The lowest BCUT2D eigenvalue weighted by atomic mass is 10.1. The summed E-state index contributed by atoms with van der Waals surface area (Å²) in [5, 5.41) is 12.1. The average molecular weight is 287 g/mol. The largest absolute Gasteiger partial charge is 0.378 e. The summed E-state index contributed by atoms with van der Waals surface area (Å²) in [5.41, 5.74) is 1.61. The van der Waals surface area contributed by atoms with Gasteiger partial charge in [0, 0.05) is 19.1 Å². The molecule has 112 valence electrons. The second-order valence-corrected chi connectivity index (χ2v) is 5.49. The summed E-state index contributed by atoms with van der Waals surface area (Å²) in [5.74, 6) is -0.0147. The number of ether oxygens (including phenoxy) is 1. The van der Waals surface area contributed by atoms with Gasteiger partial charge in [-0.25, -0.2) is 0 Å². The van der Waals surface area contributed by atoms with E-state index in [0.717, 1.165) is 5.56 Å². The van der Waals surface area contributed by atoms with Crippen LogP contribution in [0.15, 0.2) is 24.3 Å². The maximum Gasteiger partial charge on any atom is 0.239 e. The van der Waals surface area contributed by atoms with Gasteiger partial charge in [0.25, 0.3) is 0 Å². The van der Waals surface area contributed by atoms with Gasteiger partial charge < -0.3 is 10.1 Å². The normalized spacial score (nSPS) is 19.2. The first kappa shape index (κ1) is 15.5. The number of hydrogen-bond donors (Lipinski definition) is 1. The number of benzene rings is 1. The second kappa shape index (κ2) is 7.21. The van der Waals surface area contributed by atoms with Crippen molar-refractivity contribution in [2.75, 3.05) is 19.8 Å². The van der Waals surface area contributed by atoms with Gasteiger partial charge in [0.05, 0.1) is 24.8 Å². The number of rotatable bonds is 4. The van der Waals surface area contributed by atoms with E-state index in [4.69, 9.17) is 10.00 Å². The van der Waals surface area contributed by atoms with E-state index in [-0.39, 0.29) is 18.0 Å². The van der Waals surface area contributed by atoms with Crippen molar-refractivity contribution < 1.29 is 9.53 Å². The molecule has 1 N–H and O–H groups in total. The van der Waals surface area contributed by atoms with E-state index in [1.807, 2.05) is 32.0 Å². The minimum atomic E-state index is -0.298. The van der Waals surface area contributed by atoms with Crippen LogP contribution in [0.25, 0.3) is 0 Å². The number of morpholine rings is 1. The molecule has 1 atom stereocenters. The van der Waals surface area contributed by atoms with Crippen molar-refractivity contribution in [2.24, 2.45) is 0 Å². The summed E-state index contributed by atoms with van der Waals surface area (Å²) in [6.45, 7) is 6.17. The van der Waals surface area contributed by atoms with Crippen molar-refractivity contribution in [2.45, 2.75) is 32.5 Å². The lowest BCUT2D eigenvalue weighted by Gasteiger charge is -2.35. The van der Waals surface area contributed by atoms with Crippen molar-refractivity contribution in [3.63, 3.8) is 0 Å². The lowest BCUT2D eigenvalue weighted by Crippen LogP contribution is -2.54. The minimum absolute atomic E-state index is 0.0147. The first-order chi connectivity index (χ1) is 10.1. The highest BCUT2D eigenvalue weighted by molar-refractivity contribution is 5.82. The number of carbonyl (C=O) groups is 1. The Labute approximate surface area is 125 Å². The number of carbonyl (C=O) groups excluding carboxylic acids is 1. The highest BCUT2D eigenvalue weighted by Crippen LogP contribution is 2.15. The summed E-state index contributed by atoms with van der Waals surface area (Å²) >= 11 is 0. The first-order valence-corrected chi connectivity index (χ1v) is 7.22. The zero-order chi connectivity index (χ0) is 15.2. The highest BCUT2D eigenvalue weighted by Gasteiger charge is 2.30. The van der Waals surface area contributed by atoms with Gasteiger partial charge in [-0.3, -0.25) is 9.69 Å². The summed E-state index contributed by atoms with van der Waals surface area (Å²) in [6, 6.07) is 9.52. The van der Waals surface area contributed by atoms with Crippen LogP contribution in [-0.2, 0) is 16.1 Å². The van der Waals surface area contributed by atoms with Crippen LogP contribution in [-0.4, -0.2) is 42.6 Å². The summed E-state index contributed by atoms with van der Waals surface area (Å²) in [6.07, 6.45) is 0. The number of hydrogen-bond acceptors (Lipinski definition) is 4. The Kier molecular flexibility index (Phi) is 5.32. The van der Waals surface area contributed by atoms with Gasteiger partial charge in [0.1, 0.15) is 6.04 Å². The van der Waals surface area contributed by atoms with Crippen molar-refractivity contribution in [3.8, 4) is 6.07 Å². The Morgan fingerprint density at radius 2 is 2.29 bits per heavy atom. The third-order valence-electron chi connectivity index (χ3n) is 3.48. The molecule has 0 radical (unpaired) electrons. The van der Waals surface area contributed by atoms with Gasteiger partial charge in [-0.1, -0.05) is 18.2 Å². The van der Waals surface area contributed by atoms with E-state index in [0.29, 0.717) is 31.9 Å². The molecule has 0 spiro atoms. The monoisotopic (exact) mass is 287 g/mol. The number of nitrogens with zero attached hydrogens (tertiary/aromatic N) is 2. The Morgan fingerprint density at radius 1 is 1.52 bits per heavy atom. The fourth-order valence-electron chi connectivity index (χ4n) is 2.44. The molecule has 1 aromatic rings. The van der Waals surface area contributed by atoms with Gasteiger partial charge in [-0.15, -0.1) is 0 Å². The smallest absolute Gasteiger partial charge is 0.239 e. The van der Waals surface area contributed by atoms with Crippen LogP contribution >= 0.6 is 0 Å². The molecule has 0 aliphatic carbocycles. The predicted molar refractivity (Wildman–Crippen MR) is 79.5 cm³/mol. The minimum Gasteiger partial charge on any atom is -0.378 e. The topological polar surface area (TPSA) is 65.4 Å². The molecule has 1 saturated heterocycles. The lowest BCUT2D eigenvalue weighted by molar-refractivity contribution is -0.133. The average Bonchev–Trinajstić information content (AvgIpc) is 2.47. The molecule has 21 heavy (non-hydrogen) atoms. The third-order valence-corrected chi connectivity index (χ3v) is 3.48. The fourth-order valence-corrected chi connectivity index (χ4v) is 2.44. The van der Waals surface area contributed by atoms with Crippen molar-refractivity contribution in [1.29, 1.82) is 5.26 Å². The standard InChI is InChI=1S/C16H21N3O2/c1-12(2)18-16(20)15-11-21-8-7-19(15)10-14-6-4-3-5-13(14)9-17/h3-6,12,15H,7-8,10-11H2,1-2H3,(H,18,20). The molecule has 1 heterocycles. The molecule has 1 unspecified atom stereocenters. The van der Waals surface area contributed by atoms with Crippen molar-refractivity contribution >= 4 is 5.91 Å². The fraction of sp³-hybridized carbons (Fsp3) is 0.500. The van der Waals surface area contributed by atoms with Crippen molar-refractivity contribution in [1.82, 2.24) is 10.2 Å². The van der Waals surface area contributed by atoms with Crippen LogP contribution in [0.4, 0.5) is 0 Å². The highest BCUT2D eigenvalue weighted by atomic mass is 16.5.